The predicted molar refractivity (Wildman–Crippen MR) is 115 cm³/mol. The van der Waals surface area contributed by atoms with Gasteiger partial charge >= 0.3 is 6.18 Å². The molecule has 0 aliphatic rings. The van der Waals surface area contributed by atoms with Crippen molar-refractivity contribution in [2.75, 3.05) is 0 Å². The lowest BCUT2D eigenvalue weighted by molar-refractivity contribution is -0.141. The Balaban J connectivity index is 2.06. The first-order valence-corrected chi connectivity index (χ1v) is 9.62. The average molecular weight is 442 g/mol. The first kappa shape index (κ1) is 20.3. The molecule has 0 bridgehead atoms. The Morgan fingerprint density at radius 1 is 0.733 bits per heavy atom. The monoisotopic (exact) mass is 441 g/mol. The van der Waals surface area contributed by atoms with E-state index in [1.165, 1.54) is 0 Å². The second-order valence-corrected chi connectivity index (χ2v) is 7.36. The van der Waals surface area contributed by atoms with Crippen molar-refractivity contribution in [2.45, 2.75) is 6.18 Å². The summed E-state index contributed by atoms with van der Waals surface area (Å²) in [6, 6.07) is 19.9. The molecule has 0 unspecified atom stereocenters. The Morgan fingerprint density at radius 2 is 1.33 bits per heavy atom. The number of para-hydroxylation sites is 1. The highest BCUT2D eigenvalue weighted by Gasteiger charge is 2.37. The largest absolute Gasteiger partial charge is 0.434 e. The van der Waals surface area contributed by atoms with E-state index in [-0.39, 0.29) is 11.1 Å². The minimum atomic E-state index is -4.67. The maximum absolute atomic E-state index is 13.9. The van der Waals surface area contributed by atoms with Crippen LogP contribution in [0, 0.1) is 11.8 Å². The van der Waals surface area contributed by atoms with Crippen LogP contribution in [0.5, 0.6) is 0 Å². The van der Waals surface area contributed by atoms with E-state index in [4.69, 9.17) is 23.2 Å². The number of nitrogens with zero attached hydrogens (tertiary/aromatic N) is 1. The highest BCUT2D eigenvalue weighted by molar-refractivity contribution is 6.30. The summed E-state index contributed by atoms with van der Waals surface area (Å²) in [6.45, 7) is 0. The minimum absolute atomic E-state index is 0.182. The number of hydrogen-bond donors (Lipinski definition) is 0. The third kappa shape index (κ3) is 4.14. The molecule has 0 spiro atoms. The smallest absolute Gasteiger partial charge is 0.242 e. The van der Waals surface area contributed by atoms with Gasteiger partial charge in [-0.05, 0) is 48.0 Å². The number of alkyl halides is 3. The molecule has 0 amide bonds. The number of aromatic nitrogens is 1. The first-order valence-electron chi connectivity index (χ1n) is 8.86. The molecule has 6 heteroatoms. The van der Waals surface area contributed by atoms with E-state index in [1.54, 1.807) is 72.8 Å². The van der Waals surface area contributed by atoms with E-state index in [0.717, 1.165) is 0 Å². The van der Waals surface area contributed by atoms with E-state index in [9.17, 15) is 13.2 Å². The Bertz CT molecular complexity index is 1280. The third-order valence-corrected chi connectivity index (χ3v) is 4.97. The maximum atomic E-state index is 13.9. The van der Waals surface area contributed by atoms with Crippen LogP contribution in [0.3, 0.4) is 0 Å². The highest BCUT2D eigenvalue weighted by Crippen LogP contribution is 2.39. The molecule has 1 nitrogen and oxygen atoms in total. The lowest BCUT2D eigenvalue weighted by Gasteiger charge is -2.16. The van der Waals surface area contributed by atoms with Crippen LogP contribution in [0.1, 0.15) is 16.8 Å². The molecule has 0 radical (unpaired) electrons. The van der Waals surface area contributed by atoms with Crippen molar-refractivity contribution in [3.8, 4) is 23.0 Å². The van der Waals surface area contributed by atoms with Crippen molar-refractivity contribution in [3.05, 3.63) is 99.7 Å². The molecule has 3 aromatic carbocycles. The van der Waals surface area contributed by atoms with E-state index in [0.29, 0.717) is 32.1 Å². The van der Waals surface area contributed by atoms with Crippen LogP contribution >= 0.6 is 23.2 Å². The fraction of sp³-hybridized carbons (Fsp3) is 0.0417. The Morgan fingerprint density at radius 3 is 1.97 bits per heavy atom. The van der Waals surface area contributed by atoms with Crippen LogP contribution in [0.15, 0.2) is 72.8 Å². The van der Waals surface area contributed by atoms with Crippen LogP contribution in [0.25, 0.3) is 22.0 Å². The number of fused-ring (bicyclic) bond motifs is 1. The molecule has 0 saturated carbocycles. The minimum Gasteiger partial charge on any atom is -0.242 e. The van der Waals surface area contributed by atoms with Crippen molar-refractivity contribution in [2.24, 2.45) is 0 Å². The van der Waals surface area contributed by atoms with Crippen LogP contribution in [0.2, 0.25) is 10.0 Å². The van der Waals surface area contributed by atoms with Gasteiger partial charge < -0.3 is 0 Å². The summed E-state index contributed by atoms with van der Waals surface area (Å²) in [5, 5.41) is 1.58. The molecular formula is C24H12Cl2F3N. The van der Waals surface area contributed by atoms with Gasteiger partial charge in [-0.2, -0.15) is 13.2 Å². The van der Waals surface area contributed by atoms with Crippen LogP contribution in [0.4, 0.5) is 13.2 Å². The van der Waals surface area contributed by atoms with Gasteiger partial charge in [-0.3, -0.25) is 0 Å². The van der Waals surface area contributed by atoms with E-state index in [1.807, 2.05) is 0 Å². The van der Waals surface area contributed by atoms with Gasteiger partial charge in [0.15, 0.2) is 5.69 Å². The lowest BCUT2D eigenvalue weighted by Crippen LogP contribution is -2.12. The summed E-state index contributed by atoms with van der Waals surface area (Å²) in [7, 11) is 0. The zero-order valence-corrected chi connectivity index (χ0v) is 16.8. The topological polar surface area (TPSA) is 12.9 Å². The molecule has 4 aromatic rings. The van der Waals surface area contributed by atoms with Crippen LogP contribution < -0.4 is 0 Å². The van der Waals surface area contributed by atoms with Gasteiger partial charge in [-0.15, -0.1) is 0 Å². The molecule has 0 saturated heterocycles. The van der Waals surface area contributed by atoms with Gasteiger partial charge in [-0.25, -0.2) is 4.98 Å². The molecule has 0 aliphatic heterocycles. The Labute approximate surface area is 181 Å². The third-order valence-electron chi connectivity index (χ3n) is 4.47. The van der Waals surface area contributed by atoms with Crippen molar-refractivity contribution < 1.29 is 13.2 Å². The summed E-state index contributed by atoms with van der Waals surface area (Å²) < 4.78 is 41.8. The van der Waals surface area contributed by atoms with Crippen molar-refractivity contribution in [1.82, 2.24) is 4.98 Å². The second-order valence-electron chi connectivity index (χ2n) is 6.49. The summed E-state index contributed by atoms with van der Waals surface area (Å²) in [5.41, 5.74) is 0.524. The predicted octanol–water partition coefficient (Wildman–Crippen LogP) is 7.63. The summed E-state index contributed by atoms with van der Waals surface area (Å²) in [6.07, 6.45) is -4.67. The van der Waals surface area contributed by atoms with Gasteiger partial charge in [0.2, 0.25) is 0 Å². The molecule has 0 atom stereocenters. The molecule has 0 N–H and O–H groups in total. The highest BCUT2D eigenvalue weighted by atomic mass is 35.5. The molecule has 148 valence electrons. The number of pyridine rings is 1. The van der Waals surface area contributed by atoms with Gasteiger partial charge in [-0.1, -0.05) is 65.4 Å². The zero-order chi connectivity index (χ0) is 21.3. The van der Waals surface area contributed by atoms with E-state index < -0.39 is 11.9 Å². The average Bonchev–Trinajstić information content (AvgIpc) is 2.72. The van der Waals surface area contributed by atoms with Crippen LogP contribution in [-0.4, -0.2) is 4.98 Å². The number of benzene rings is 3. The Hall–Kier alpha value is -3.00. The fourth-order valence-electron chi connectivity index (χ4n) is 3.12. The summed E-state index contributed by atoms with van der Waals surface area (Å²) >= 11 is 11.9. The maximum Gasteiger partial charge on any atom is 0.434 e. The van der Waals surface area contributed by atoms with Crippen molar-refractivity contribution in [3.63, 3.8) is 0 Å². The van der Waals surface area contributed by atoms with Crippen molar-refractivity contribution >= 4 is 34.1 Å². The van der Waals surface area contributed by atoms with E-state index in [2.05, 4.69) is 16.8 Å². The zero-order valence-electron chi connectivity index (χ0n) is 15.3. The SMILES string of the molecule is FC(F)(F)c1nc2ccccc2c(-c2ccc(Cl)cc2)c1C#Cc1ccc(Cl)cc1. The van der Waals surface area contributed by atoms with E-state index >= 15 is 0 Å². The van der Waals surface area contributed by atoms with Gasteiger partial charge in [0.25, 0.3) is 0 Å². The van der Waals surface area contributed by atoms with Gasteiger partial charge in [0.1, 0.15) is 0 Å². The molecule has 0 aliphatic carbocycles. The summed E-state index contributed by atoms with van der Waals surface area (Å²) in [4.78, 5) is 3.90. The quantitative estimate of drug-likeness (QED) is 0.276. The van der Waals surface area contributed by atoms with Gasteiger partial charge in [0.05, 0.1) is 11.1 Å². The number of halogens is 5. The molecular weight excluding hydrogens is 430 g/mol. The molecule has 4 rings (SSSR count). The summed E-state index contributed by atoms with van der Waals surface area (Å²) in [5.74, 6) is 5.53. The molecule has 0 fully saturated rings. The normalized spacial score (nSPS) is 11.2. The lowest BCUT2D eigenvalue weighted by atomic mass is 9.94. The standard InChI is InChI=1S/C24H12Cl2F3N/c25-17-10-5-15(6-11-17)7-14-20-22(16-8-12-18(26)13-9-16)19-3-1-2-4-21(19)30-23(20)24(27,28)29/h1-6,8-13H. The fourth-order valence-corrected chi connectivity index (χ4v) is 3.38. The molecule has 1 heterocycles. The molecule has 30 heavy (non-hydrogen) atoms. The number of hydrogen-bond acceptors (Lipinski definition) is 1. The van der Waals surface area contributed by atoms with Gasteiger partial charge in [0, 0.05) is 26.6 Å². The van der Waals surface area contributed by atoms with Crippen LogP contribution in [-0.2, 0) is 6.18 Å². The number of rotatable bonds is 1. The molecule has 1 aromatic heterocycles. The first-order chi connectivity index (χ1) is 14.3. The second kappa shape index (κ2) is 8.02. The van der Waals surface area contributed by atoms with Crippen molar-refractivity contribution in [1.29, 1.82) is 0 Å². The Kier molecular flexibility index (Phi) is 5.42.